The molecule has 0 aliphatic carbocycles. The molecule has 2 amide bonds. The molecule has 1 saturated heterocycles. The average molecular weight is 373 g/mol. The SMILES string of the molecule is Cl.NCCc1nc(C(=O)NC2CCN(CC(F)(F)F)C2=O)cs1. The van der Waals surface area contributed by atoms with E-state index in [0.29, 0.717) is 22.9 Å². The molecule has 0 spiro atoms. The maximum atomic E-state index is 12.3. The number of carbonyl (C=O) groups excluding carboxylic acids is 2. The van der Waals surface area contributed by atoms with Gasteiger partial charge in [-0.1, -0.05) is 0 Å². The van der Waals surface area contributed by atoms with E-state index in [1.165, 1.54) is 16.7 Å². The van der Waals surface area contributed by atoms with Gasteiger partial charge in [-0.3, -0.25) is 9.59 Å². The van der Waals surface area contributed by atoms with Gasteiger partial charge < -0.3 is 16.0 Å². The standard InChI is InChI=1S/C12H15F3N4O2S.ClH/c13-12(14,15)6-19-4-2-7(11(19)21)18-10(20)8-5-22-9(17-8)1-3-16;/h5,7H,1-4,6,16H2,(H,18,20);1H. The number of nitrogens with zero attached hydrogens (tertiary/aromatic N) is 2. The first kappa shape index (κ1) is 19.7. The highest BCUT2D eigenvalue weighted by Crippen LogP contribution is 2.21. The number of aromatic nitrogens is 1. The predicted molar refractivity (Wildman–Crippen MR) is 80.6 cm³/mol. The molecule has 1 aliphatic heterocycles. The lowest BCUT2D eigenvalue weighted by Crippen LogP contribution is -2.43. The number of hydrogen-bond donors (Lipinski definition) is 2. The quantitative estimate of drug-likeness (QED) is 0.805. The Bertz CT molecular complexity index is 567. The average Bonchev–Trinajstić information content (AvgIpc) is 2.99. The van der Waals surface area contributed by atoms with Crippen LogP contribution in [-0.4, -0.2) is 53.6 Å². The van der Waals surface area contributed by atoms with Gasteiger partial charge in [0.1, 0.15) is 18.3 Å². The van der Waals surface area contributed by atoms with E-state index in [0.717, 1.165) is 0 Å². The maximum absolute atomic E-state index is 12.3. The molecule has 6 nitrogen and oxygen atoms in total. The molecule has 0 bridgehead atoms. The molecule has 1 unspecified atom stereocenters. The van der Waals surface area contributed by atoms with Gasteiger partial charge in [-0.05, 0) is 13.0 Å². The Balaban J connectivity index is 0.00000264. The second-order valence-corrected chi connectivity index (χ2v) is 5.80. The summed E-state index contributed by atoms with van der Waals surface area (Å²) in [6, 6.07) is -0.936. The minimum absolute atomic E-state index is 0. The predicted octanol–water partition coefficient (Wildman–Crippen LogP) is 0.959. The zero-order chi connectivity index (χ0) is 16.3. The molecule has 11 heteroatoms. The molecule has 2 rings (SSSR count). The van der Waals surface area contributed by atoms with E-state index in [1.54, 1.807) is 0 Å². The van der Waals surface area contributed by atoms with Gasteiger partial charge in [0.05, 0.1) is 5.01 Å². The van der Waals surface area contributed by atoms with Crippen molar-refractivity contribution in [3.63, 3.8) is 0 Å². The van der Waals surface area contributed by atoms with E-state index in [-0.39, 0.29) is 31.1 Å². The van der Waals surface area contributed by atoms with Crippen molar-refractivity contribution in [3.8, 4) is 0 Å². The van der Waals surface area contributed by atoms with E-state index < -0.39 is 30.6 Å². The minimum Gasteiger partial charge on any atom is -0.339 e. The third-order valence-electron chi connectivity index (χ3n) is 3.12. The minimum atomic E-state index is -4.44. The summed E-state index contributed by atoms with van der Waals surface area (Å²) in [5.74, 6) is -1.28. The van der Waals surface area contributed by atoms with E-state index >= 15 is 0 Å². The normalized spacial score (nSPS) is 18.0. The summed E-state index contributed by atoms with van der Waals surface area (Å²) in [6.45, 7) is -0.920. The molecule has 1 fully saturated rings. The Kier molecular flexibility index (Phi) is 6.78. The smallest absolute Gasteiger partial charge is 0.339 e. The number of nitrogens with two attached hydrogens (primary N) is 1. The number of carbonyl (C=O) groups is 2. The van der Waals surface area contributed by atoms with Gasteiger partial charge in [-0.2, -0.15) is 13.2 Å². The number of halogens is 4. The Morgan fingerprint density at radius 2 is 2.22 bits per heavy atom. The highest BCUT2D eigenvalue weighted by molar-refractivity contribution is 7.09. The van der Waals surface area contributed by atoms with Gasteiger partial charge in [-0.25, -0.2) is 4.98 Å². The molecule has 130 valence electrons. The molecule has 0 radical (unpaired) electrons. The van der Waals surface area contributed by atoms with Crippen LogP contribution in [0.2, 0.25) is 0 Å². The fourth-order valence-corrected chi connectivity index (χ4v) is 2.93. The second-order valence-electron chi connectivity index (χ2n) is 4.85. The summed E-state index contributed by atoms with van der Waals surface area (Å²) in [5.41, 5.74) is 5.53. The van der Waals surface area contributed by atoms with Crippen LogP contribution in [0.4, 0.5) is 13.2 Å². The van der Waals surface area contributed by atoms with Crippen molar-refractivity contribution in [2.75, 3.05) is 19.6 Å². The van der Waals surface area contributed by atoms with Crippen LogP contribution < -0.4 is 11.1 Å². The molecule has 1 aliphatic rings. The van der Waals surface area contributed by atoms with E-state index in [4.69, 9.17) is 5.73 Å². The van der Waals surface area contributed by atoms with Crippen LogP contribution in [0.5, 0.6) is 0 Å². The van der Waals surface area contributed by atoms with Crippen LogP contribution in [0.1, 0.15) is 21.9 Å². The number of nitrogens with one attached hydrogen (secondary N) is 1. The van der Waals surface area contributed by atoms with Crippen LogP contribution >= 0.6 is 23.7 Å². The lowest BCUT2D eigenvalue weighted by molar-refractivity contribution is -0.157. The molecule has 0 aromatic carbocycles. The Morgan fingerprint density at radius 1 is 1.52 bits per heavy atom. The van der Waals surface area contributed by atoms with Crippen molar-refractivity contribution in [1.29, 1.82) is 0 Å². The van der Waals surface area contributed by atoms with Gasteiger partial charge in [0.2, 0.25) is 5.91 Å². The number of likely N-dealkylation sites (tertiary alicyclic amines) is 1. The fourth-order valence-electron chi connectivity index (χ4n) is 2.13. The monoisotopic (exact) mass is 372 g/mol. The summed E-state index contributed by atoms with van der Waals surface area (Å²) in [6.07, 6.45) is -3.75. The maximum Gasteiger partial charge on any atom is 0.406 e. The molecule has 1 aromatic rings. The number of alkyl halides is 3. The second kappa shape index (κ2) is 7.93. The van der Waals surface area contributed by atoms with Gasteiger partial charge in [0, 0.05) is 18.3 Å². The van der Waals surface area contributed by atoms with Crippen LogP contribution in [0.25, 0.3) is 0 Å². The van der Waals surface area contributed by atoms with Crippen LogP contribution in [0.15, 0.2) is 5.38 Å². The molecule has 1 aromatic heterocycles. The molecule has 1 atom stereocenters. The first-order valence-electron chi connectivity index (χ1n) is 6.61. The molecular formula is C12H16ClF3N4O2S. The highest BCUT2D eigenvalue weighted by atomic mass is 35.5. The molecule has 3 N–H and O–H groups in total. The van der Waals surface area contributed by atoms with Crippen molar-refractivity contribution < 1.29 is 22.8 Å². The van der Waals surface area contributed by atoms with Crippen molar-refractivity contribution >= 4 is 35.6 Å². The number of amides is 2. The summed E-state index contributed by atoms with van der Waals surface area (Å²) in [4.78, 5) is 28.6. The zero-order valence-corrected chi connectivity index (χ0v) is 13.6. The van der Waals surface area contributed by atoms with E-state index in [9.17, 15) is 22.8 Å². The molecular weight excluding hydrogens is 357 g/mol. The summed E-state index contributed by atoms with van der Waals surface area (Å²) < 4.78 is 36.9. The third-order valence-corrected chi connectivity index (χ3v) is 4.02. The van der Waals surface area contributed by atoms with Crippen molar-refractivity contribution in [2.45, 2.75) is 25.1 Å². The third kappa shape index (κ3) is 5.33. The highest BCUT2D eigenvalue weighted by Gasteiger charge is 2.39. The summed E-state index contributed by atoms with van der Waals surface area (Å²) in [5, 5.41) is 4.66. The van der Waals surface area contributed by atoms with Crippen molar-refractivity contribution in [2.24, 2.45) is 5.73 Å². The van der Waals surface area contributed by atoms with E-state index in [1.807, 2.05) is 0 Å². The number of hydrogen-bond acceptors (Lipinski definition) is 5. The summed E-state index contributed by atoms with van der Waals surface area (Å²) in [7, 11) is 0. The van der Waals surface area contributed by atoms with Crippen LogP contribution in [0, 0.1) is 0 Å². The van der Waals surface area contributed by atoms with Gasteiger partial charge in [0.15, 0.2) is 0 Å². The first-order valence-corrected chi connectivity index (χ1v) is 7.49. The van der Waals surface area contributed by atoms with Crippen LogP contribution in [-0.2, 0) is 11.2 Å². The van der Waals surface area contributed by atoms with Gasteiger partial charge in [0.25, 0.3) is 5.91 Å². The van der Waals surface area contributed by atoms with Crippen molar-refractivity contribution in [3.05, 3.63) is 16.1 Å². The Morgan fingerprint density at radius 3 is 2.83 bits per heavy atom. The lowest BCUT2D eigenvalue weighted by atomic mass is 10.2. The van der Waals surface area contributed by atoms with Gasteiger partial charge in [-0.15, -0.1) is 23.7 Å². The lowest BCUT2D eigenvalue weighted by Gasteiger charge is -2.18. The largest absolute Gasteiger partial charge is 0.406 e. The topological polar surface area (TPSA) is 88.3 Å². The molecule has 2 heterocycles. The Hall–Kier alpha value is -1.39. The molecule has 23 heavy (non-hydrogen) atoms. The first-order chi connectivity index (χ1) is 10.3. The number of thiazole rings is 1. The number of rotatable bonds is 5. The molecule has 0 saturated carbocycles. The van der Waals surface area contributed by atoms with Crippen LogP contribution in [0.3, 0.4) is 0 Å². The summed E-state index contributed by atoms with van der Waals surface area (Å²) >= 11 is 1.27. The van der Waals surface area contributed by atoms with Crippen molar-refractivity contribution in [1.82, 2.24) is 15.2 Å². The fraction of sp³-hybridized carbons (Fsp3) is 0.583. The zero-order valence-electron chi connectivity index (χ0n) is 11.9. The van der Waals surface area contributed by atoms with Gasteiger partial charge >= 0.3 is 6.18 Å². The Labute approximate surface area is 140 Å². The van der Waals surface area contributed by atoms with E-state index in [2.05, 4.69) is 10.3 Å².